The highest BCUT2D eigenvalue weighted by atomic mass is 35.5. The van der Waals surface area contributed by atoms with Crippen LogP contribution in [-0.4, -0.2) is 46.7 Å². The Bertz CT molecular complexity index is 1300. The Hall–Kier alpha value is -3.58. The van der Waals surface area contributed by atoms with E-state index in [0.717, 1.165) is 29.1 Å². The summed E-state index contributed by atoms with van der Waals surface area (Å²) >= 11 is 5.94. The fourth-order valence-electron chi connectivity index (χ4n) is 3.07. The van der Waals surface area contributed by atoms with Gasteiger partial charge in [-0.05, 0) is 35.9 Å². The van der Waals surface area contributed by atoms with Crippen molar-refractivity contribution in [2.75, 3.05) is 11.9 Å². The van der Waals surface area contributed by atoms with Gasteiger partial charge in [0.25, 0.3) is 30.7 Å². The van der Waals surface area contributed by atoms with E-state index in [2.05, 4.69) is 10.4 Å². The van der Waals surface area contributed by atoms with Gasteiger partial charge in [0, 0.05) is 6.20 Å². The fraction of sp³-hybridized carbons (Fsp3) is 0.227. The van der Waals surface area contributed by atoms with Crippen LogP contribution in [-0.2, 0) is 5.60 Å². The van der Waals surface area contributed by atoms with Crippen LogP contribution in [0.25, 0.3) is 5.69 Å². The zero-order valence-electron chi connectivity index (χ0n) is 17.8. The van der Waals surface area contributed by atoms with Gasteiger partial charge in [0.2, 0.25) is 5.60 Å². The molecule has 3 aromatic rings. The number of nitrogens with one attached hydrogen (secondary N) is 1. The molecule has 2 N–H and O–H groups in total. The second-order valence-electron chi connectivity index (χ2n) is 7.21. The molecule has 0 saturated carbocycles. The highest BCUT2D eigenvalue weighted by Gasteiger charge is 2.48. The number of ether oxygens (including phenoxy) is 1. The lowest BCUT2D eigenvalue weighted by Crippen LogP contribution is -2.41. The number of carbonyl (C=O) groups excluding carboxylic acids is 1. The second kappa shape index (κ2) is 11.0. The Morgan fingerprint density at radius 3 is 2.36 bits per heavy atom. The number of nitrogens with zero attached hydrogens (tertiary/aromatic N) is 2. The number of anilines is 1. The first kappa shape index (κ1) is 27.0. The summed E-state index contributed by atoms with van der Waals surface area (Å²) in [4.78, 5) is 25.7. The molecule has 14 heteroatoms. The van der Waals surface area contributed by atoms with E-state index in [0.29, 0.717) is 6.07 Å². The summed E-state index contributed by atoms with van der Waals surface area (Å²) in [6.45, 7) is -0.952. The molecule has 3 rings (SSSR count). The van der Waals surface area contributed by atoms with Gasteiger partial charge in [-0.15, -0.1) is 0 Å². The Morgan fingerprint density at radius 2 is 1.75 bits per heavy atom. The quantitative estimate of drug-likeness (QED) is 0.394. The molecule has 0 aliphatic carbocycles. The lowest BCUT2D eigenvalue weighted by Gasteiger charge is -2.27. The van der Waals surface area contributed by atoms with Gasteiger partial charge in [-0.3, -0.25) is 9.59 Å². The van der Waals surface area contributed by atoms with Gasteiger partial charge in [-0.2, -0.15) is 9.78 Å². The molecule has 0 atom stereocenters. The summed E-state index contributed by atoms with van der Waals surface area (Å²) in [5.74, 6) is -1.14. The van der Waals surface area contributed by atoms with E-state index in [1.807, 2.05) is 0 Å². The van der Waals surface area contributed by atoms with Crippen molar-refractivity contribution >= 4 is 23.2 Å². The number of hydrogen-bond acceptors (Lipinski definition) is 5. The minimum atomic E-state index is -3.84. The molecule has 1 heterocycles. The summed E-state index contributed by atoms with van der Waals surface area (Å²) < 4.78 is 83.2. The summed E-state index contributed by atoms with van der Waals surface area (Å²) in [6.07, 6.45) is -9.38. The number of aliphatic hydroxyl groups is 1. The molecule has 192 valence electrons. The van der Waals surface area contributed by atoms with E-state index in [1.54, 1.807) is 0 Å². The van der Waals surface area contributed by atoms with Crippen molar-refractivity contribution in [1.29, 1.82) is 0 Å². The SMILES string of the molecule is O=C(Nc1ccc(C(O)(C(F)F)C(F)F)cc1Cl)c1ccnn(-c2ccccc2OCC(F)F)c1=O. The van der Waals surface area contributed by atoms with E-state index in [1.165, 1.54) is 24.3 Å². The second-order valence-corrected chi connectivity index (χ2v) is 7.61. The predicted molar refractivity (Wildman–Crippen MR) is 117 cm³/mol. The normalized spacial score (nSPS) is 11.9. The number of alkyl halides is 6. The lowest BCUT2D eigenvalue weighted by molar-refractivity contribution is -0.183. The minimum Gasteiger partial charge on any atom is -0.485 e. The molecule has 1 aromatic heterocycles. The first-order valence-electron chi connectivity index (χ1n) is 9.95. The molecule has 36 heavy (non-hydrogen) atoms. The summed E-state index contributed by atoms with van der Waals surface area (Å²) in [6, 6.07) is 8.93. The third kappa shape index (κ3) is 5.46. The molecule has 0 aliphatic heterocycles. The maximum absolute atomic E-state index is 13.1. The van der Waals surface area contributed by atoms with Crippen LogP contribution in [0, 0.1) is 0 Å². The van der Waals surface area contributed by atoms with Crippen LogP contribution in [0.3, 0.4) is 0 Å². The van der Waals surface area contributed by atoms with Crippen molar-refractivity contribution in [2.24, 2.45) is 0 Å². The number of halogens is 7. The average molecular weight is 536 g/mol. The zero-order valence-corrected chi connectivity index (χ0v) is 18.6. The molecular formula is C22H16ClF6N3O4. The fourth-order valence-corrected chi connectivity index (χ4v) is 3.29. The molecule has 0 unspecified atom stereocenters. The number of hydrogen-bond donors (Lipinski definition) is 2. The van der Waals surface area contributed by atoms with Crippen LogP contribution >= 0.6 is 11.6 Å². The molecule has 0 saturated heterocycles. The number of para-hydroxylation sites is 2. The van der Waals surface area contributed by atoms with Crippen molar-refractivity contribution in [3.8, 4) is 11.4 Å². The van der Waals surface area contributed by atoms with E-state index in [4.69, 9.17) is 16.3 Å². The lowest BCUT2D eigenvalue weighted by atomic mass is 9.94. The number of rotatable bonds is 9. The van der Waals surface area contributed by atoms with Gasteiger partial charge < -0.3 is 15.2 Å². The van der Waals surface area contributed by atoms with E-state index in [9.17, 15) is 41.0 Å². The van der Waals surface area contributed by atoms with Crippen molar-refractivity contribution in [3.63, 3.8) is 0 Å². The van der Waals surface area contributed by atoms with Gasteiger partial charge in [0.1, 0.15) is 23.6 Å². The van der Waals surface area contributed by atoms with Gasteiger partial charge in [0.15, 0.2) is 0 Å². The summed E-state index contributed by atoms with van der Waals surface area (Å²) in [5.41, 5.74) is -6.39. The highest BCUT2D eigenvalue weighted by molar-refractivity contribution is 6.34. The molecule has 0 spiro atoms. The van der Waals surface area contributed by atoms with Crippen LogP contribution < -0.4 is 15.6 Å². The van der Waals surface area contributed by atoms with Crippen LogP contribution in [0.2, 0.25) is 5.02 Å². The van der Waals surface area contributed by atoms with E-state index < -0.39 is 59.1 Å². The van der Waals surface area contributed by atoms with Gasteiger partial charge in [-0.25, -0.2) is 26.3 Å². The molecule has 2 aromatic carbocycles. The number of aromatic nitrogens is 2. The Kier molecular flexibility index (Phi) is 8.25. The predicted octanol–water partition coefficient (Wildman–Crippen LogP) is 4.50. The minimum absolute atomic E-state index is 0.0292. The van der Waals surface area contributed by atoms with Crippen LogP contribution in [0.1, 0.15) is 15.9 Å². The Morgan fingerprint density at radius 1 is 1.08 bits per heavy atom. The zero-order chi connectivity index (χ0) is 26.6. The summed E-state index contributed by atoms with van der Waals surface area (Å²) in [7, 11) is 0. The Labute approximate surface area is 203 Å². The van der Waals surface area contributed by atoms with Crippen molar-refractivity contribution in [3.05, 3.63) is 81.2 Å². The van der Waals surface area contributed by atoms with Gasteiger partial charge >= 0.3 is 0 Å². The molecule has 7 nitrogen and oxygen atoms in total. The average Bonchev–Trinajstić information content (AvgIpc) is 2.83. The number of carbonyl (C=O) groups is 1. The summed E-state index contributed by atoms with van der Waals surface area (Å²) in [5, 5.41) is 15.3. The Balaban J connectivity index is 1.92. The van der Waals surface area contributed by atoms with E-state index in [-0.39, 0.29) is 17.1 Å². The molecule has 1 amide bonds. The monoisotopic (exact) mass is 535 g/mol. The maximum Gasteiger partial charge on any atom is 0.284 e. The largest absolute Gasteiger partial charge is 0.485 e. The first-order chi connectivity index (χ1) is 17.0. The molecule has 0 aliphatic rings. The molecule has 0 fully saturated rings. The van der Waals surface area contributed by atoms with Crippen molar-refractivity contribution in [2.45, 2.75) is 24.9 Å². The van der Waals surface area contributed by atoms with Gasteiger partial charge in [0.05, 0.1) is 10.7 Å². The maximum atomic E-state index is 13.1. The van der Waals surface area contributed by atoms with Crippen LogP contribution in [0.5, 0.6) is 5.75 Å². The van der Waals surface area contributed by atoms with Crippen LogP contribution in [0.15, 0.2) is 59.5 Å². The topological polar surface area (TPSA) is 93.5 Å². The van der Waals surface area contributed by atoms with Gasteiger partial charge in [-0.1, -0.05) is 29.8 Å². The number of benzene rings is 2. The smallest absolute Gasteiger partial charge is 0.284 e. The molecular weight excluding hydrogens is 520 g/mol. The first-order valence-corrected chi connectivity index (χ1v) is 10.3. The standard InChI is InChI=1S/C22H16ClF6N3O4/c23-13-9-11(22(35,20(26)27)21(28)29)5-6-14(13)31-18(33)12-7-8-30-32(19(12)34)15-3-1-2-4-16(15)36-10-17(24)25/h1-9,17,20-21,35H,10H2,(H,31,33). The van der Waals surface area contributed by atoms with E-state index >= 15 is 0 Å². The molecule has 0 radical (unpaired) electrons. The molecule has 0 bridgehead atoms. The van der Waals surface area contributed by atoms with Crippen molar-refractivity contribution in [1.82, 2.24) is 9.78 Å². The third-order valence-corrected chi connectivity index (χ3v) is 5.21. The third-order valence-electron chi connectivity index (χ3n) is 4.89. The highest BCUT2D eigenvalue weighted by Crippen LogP contribution is 2.37. The number of amides is 1. The van der Waals surface area contributed by atoms with Crippen molar-refractivity contribution < 1.29 is 41.0 Å². The van der Waals surface area contributed by atoms with Crippen LogP contribution in [0.4, 0.5) is 32.0 Å².